The smallest absolute Gasteiger partial charge is 0.238 e. The molecule has 0 aromatic heterocycles. The van der Waals surface area contributed by atoms with Crippen LogP contribution in [-0.4, -0.2) is 20.9 Å². The van der Waals surface area contributed by atoms with E-state index in [9.17, 15) is 13.2 Å². The minimum atomic E-state index is -3.77. The summed E-state index contributed by atoms with van der Waals surface area (Å²) >= 11 is 0. The maximum Gasteiger partial charge on any atom is 0.238 e. The Morgan fingerprint density at radius 1 is 1.45 bits per heavy atom. The fourth-order valence-corrected chi connectivity index (χ4v) is 2.59. The van der Waals surface area contributed by atoms with E-state index in [1.165, 1.54) is 12.1 Å². The van der Waals surface area contributed by atoms with Crippen molar-refractivity contribution in [2.75, 3.05) is 6.61 Å². The summed E-state index contributed by atoms with van der Waals surface area (Å²) in [4.78, 5) is 11.8. The molecule has 110 valence electrons. The second kappa shape index (κ2) is 5.41. The van der Waals surface area contributed by atoms with Crippen molar-refractivity contribution in [1.29, 1.82) is 0 Å². The Labute approximate surface area is 118 Å². The molecule has 1 atom stereocenters. The van der Waals surface area contributed by atoms with Crippen LogP contribution in [-0.2, 0) is 14.8 Å². The highest BCUT2D eigenvalue weighted by Gasteiger charge is 2.25. The highest BCUT2D eigenvalue weighted by Crippen LogP contribution is 2.33. The molecule has 6 nitrogen and oxygen atoms in total. The van der Waals surface area contributed by atoms with E-state index in [-0.39, 0.29) is 22.8 Å². The molecule has 20 heavy (non-hydrogen) atoms. The lowest BCUT2D eigenvalue weighted by Gasteiger charge is -2.27. The molecule has 1 aromatic carbocycles. The number of nitrogens with one attached hydrogen (secondary N) is 1. The van der Waals surface area contributed by atoms with Gasteiger partial charge >= 0.3 is 0 Å². The first kappa shape index (κ1) is 14.8. The summed E-state index contributed by atoms with van der Waals surface area (Å²) < 4.78 is 28.3. The second-order valence-corrected chi connectivity index (χ2v) is 6.66. The first-order chi connectivity index (χ1) is 9.29. The van der Waals surface area contributed by atoms with E-state index in [2.05, 4.69) is 5.32 Å². The van der Waals surface area contributed by atoms with Crippen LogP contribution in [0.1, 0.15) is 31.9 Å². The van der Waals surface area contributed by atoms with Crippen molar-refractivity contribution in [2.24, 2.45) is 11.1 Å². The number of fused-ring (bicyclic) bond motifs is 1. The van der Waals surface area contributed by atoms with Crippen molar-refractivity contribution in [3.63, 3.8) is 0 Å². The first-order valence-corrected chi connectivity index (χ1v) is 7.93. The normalized spacial score (nSPS) is 18.3. The monoisotopic (exact) mass is 298 g/mol. The molecule has 0 radical (unpaired) electrons. The van der Waals surface area contributed by atoms with Gasteiger partial charge in [-0.25, -0.2) is 13.6 Å². The van der Waals surface area contributed by atoms with Gasteiger partial charge in [0, 0.05) is 17.9 Å². The number of carbonyl (C=O) groups is 1. The fraction of sp³-hybridized carbons (Fsp3) is 0.462. The van der Waals surface area contributed by atoms with Crippen LogP contribution in [0.3, 0.4) is 0 Å². The van der Waals surface area contributed by atoms with Gasteiger partial charge < -0.3 is 10.1 Å². The average molecular weight is 298 g/mol. The summed E-state index contributed by atoms with van der Waals surface area (Å²) in [5.41, 5.74) is 0.650. The van der Waals surface area contributed by atoms with Crippen LogP contribution in [0.5, 0.6) is 5.75 Å². The molecule has 2 rings (SSSR count). The Hall–Kier alpha value is -1.60. The van der Waals surface area contributed by atoms with Crippen molar-refractivity contribution < 1.29 is 17.9 Å². The topological polar surface area (TPSA) is 98.5 Å². The maximum atomic E-state index is 11.8. The number of hydrogen-bond acceptors (Lipinski definition) is 4. The summed E-state index contributed by atoms with van der Waals surface area (Å²) in [5, 5.41) is 8.03. The molecule has 1 aliphatic heterocycles. The predicted molar refractivity (Wildman–Crippen MR) is 73.6 cm³/mol. The van der Waals surface area contributed by atoms with Crippen molar-refractivity contribution in [1.82, 2.24) is 5.32 Å². The Morgan fingerprint density at radius 3 is 2.75 bits per heavy atom. The number of amides is 1. The van der Waals surface area contributed by atoms with Gasteiger partial charge in [-0.3, -0.25) is 4.79 Å². The largest absolute Gasteiger partial charge is 0.493 e. The molecule has 0 bridgehead atoms. The second-order valence-electron chi connectivity index (χ2n) is 5.10. The molecule has 0 saturated carbocycles. The lowest BCUT2D eigenvalue weighted by atomic mass is 10.00. The molecular weight excluding hydrogens is 280 g/mol. The van der Waals surface area contributed by atoms with E-state index in [1.54, 1.807) is 19.9 Å². The van der Waals surface area contributed by atoms with Gasteiger partial charge in [0.2, 0.25) is 15.9 Å². The number of primary sulfonamides is 1. The molecule has 1 amide bonds. The maximum absolute atomic E-state index is 11.8. The average Bonchev–Trinajstić information content (AvgIpc) is 2.37. The summed E-state index contributed by atoms with van der Waals surface area (Å²) in [6.07, 6.45) is 0.597. The van der Waals surface area contributed by atoms with Crippen molar-refractivity contribution in [3.05, 3.63) is 23.8 Å². The van der Waals surface area contributed by atoms with Gasteiger partial charge in [-0.2, -0.15) is 0 Å². The molecule has 1 aliphatic rings. The Balaban J connectivity index is 2.36. The number of carbonyl (C=O) groups excluding carboxylic acids is 1. The van der Waals surface area contributed by atoms with Gasteiger partial charge in [-0.15, -0.1) is 0 Å². The SMILES string of the molecule is CC(C)C(=O)NC1CCOc2ccc(S(N)(=O)=O)cc21. The number of ether oxygens (including phenoxy) is 1. The van der Waals surface area contributed by atoms with Crippen LogP contribution in [0.4, 0.5) is 0 Å². The van der Waals surface area contributed by atoms with Gasteiger partial charge in [0.05, 0.1) is 17.5 Å². The van der Waals surface area contributed by atoms with Crippen molar-refractivity contribution in [3.8, 4) is 5.75 Å². The van der Waals surface area contributed by atoms with E-state index in [4.69, 9.17) is 9.88 Å². The van der Waals surface area contributed by atoms with Gasteiger partial charge in [0.25, 0.3) is 0 Å². The van der Waals surface area contributed by atoms with Gasteiger partial charge in [-0.1, -0.05) is 13.8 Å². The molecule has 1 unspecified atom stereocenters. The fourth-order valence-electron chi connectivity index (χ4n) is 2.04. The zero-order valence-corrected chi connectivity index (χ0v) is 12.2. The van der Waals surface area contributed by atoms with Crippen LogP contribution in [0.25, 0.3) is 0 Å². The number of hydrogen-bond donors (Lipinski definition) is 2. The quantitative estimate of drug-likeness (QED) is 0.867. The number of rotatable bonds is 3. The van der Waals surface area contributed by atoms with E-state index in [0.29, 0.717) is 24.3 Å². The van der Waals surface area contributed by atoms with Gasteiger partial charge in [0.15, 0.2) is 0 Å². The molecule has 0 fully saturated rings. The minimum absolute atomic E-state index is 0.0190. The zero-order valence-electron chi connectivity index (χ0n) is 11.4. The summed E-state index contributed by atoms with van der Waals surface area (Å²) in [7, 11) is -3.77. The highest BCUT2D eigenvalue weighted by atomic mass is 32.2. The molecule has 3 N–H and O–H groups in total. The Kier molecular flexibility index (Phi) is 4.01. The summed E-state index contributed by atoms with van der Waals surface area (Å²) in [5.74, 6) is 0.365. The van der Waals surface area contributed by atoms with Crippen LogP contribution < -0.4 is 15.2 Å². The van der Waals surface area contributed by atoms with Crippen LogP contribution in [0.15, 0.2) is 23.1 Å². The molecule has 1 heterocycles. The minimum Gasteiger partial charge on any atom is -0.493 e. The number of nitrogens with two attached hydrogens (primary N) is 1. The Bertz CT molecular complexity index is 625. The lowest BCUT2D eigenvalue weighted by Crippen LogP contribution is -2.34. The predicted octanol–water partition coefficient (Wildman–Crippen LogP) is 0.930. The van der Waals surface area contributed by atoms with Crippen LogP contribution in [0, 0.1) is 5.92 Å². The van der Waals surface area contributed by atoms with Gasteiger partial charge in [-0.05, 0) is 18.2 Å². The van der Waals surface area contributed by atoms with E-state index >= 15 is 0 Å². The van der Waals surface area contributed by atoms with E-state index in [1.807, 2.05) is 0 Å². The summed E-state index contributed by atoms with van der Waals surface area (Å²) in [6.45, 7) is 4.08. The number of sulfonamides is 1. The number of benzene rings is 1. The summed E-state index contributed by atoms with van der Waals surface area (Å²) in [6, 6.07) is 4.19. The van der Waals surface area contributed by atoms with Crippen molar-refractivity contribution in [2.45, 2.75) is 31.2 Å². The third-order valence-corrected chi connectivity index (χ3v) is 4.10. The third-order valence-electron chi connectivity index (χ3n) is 3.19. The highest BCUT2D eigenvalue weighted by molar-refractivity contribution is 7.89. The van der Waals surface area contributed by atoms with E-state index in [0.717, 1.165) is 0 Å². The van der Waals surface area contributed by atoms with Crippen LogP contribution >= 0.6 is 0 Å². The van der Waals surface area contributed by atoms with Gasteiger partial charge in [0.1, 0.15) is 5.75 Å². The molecular formula is C13H18N2O4S. The zero-order chi connectivity index (χ0) is 14.9. The van der Waals surface area contributed by atoms with Crippen molar-refractivity contribution >= 4 is 15.9 Å². The van der Waals surface area contributed by atoms with Crippen LogP contribution in [0.2, 0.25) is 0 Å². The molecule has 7 heteroatoms. The molecule has 1 aromatic rings. The standard InChI is InChI=1S/C13H18N2O4S/c1-8(2)13(16)15-11-5-6-19-12-4-3-9(7-10(11)12)20(14,17)18/h3-4,7-8,11H,5-6H2,1-2H3,(H,15,16)(H2,14,17,18). The molecule has 0 aliphatic carbocycles. The molecule has 0 saturated heterocycles. The molecule has 0 spiro atoms. The lowest BCUT2D eigenvalue weighted by molar-refractivity contribution is -0.124. The van der Waals surface area contributed by atoms with E-state index < -0.39 is 10.0 Å². The Morgan fingerprint density at radius 2 is 2.15 bits per heavy atom. The first-order valence-electron chi connectivity index (χ1n) is 6.39. The third kappa shape index (κ3) is 3.10.